The van der Waals surface area contributed by atoms with Gasteiger partial charge in [0.25, 0.3) is 0 Å². The highest BCUT2D eigenvalue weighted by atomic mass is 32.1. The van der Waals surface area contributed by atoms with Crippen LogP contribution >= 0.6 is 23.6 Å². The smallest absolute Gasteiger partial charge is 0.348 e. The molecule has 0 atom stereocenters. The van der Waals surface area contributed by atoms with Crippen molar-refractivity contribution in [2.45, 2.75) is 6.92 Å². The lowest BCUT2D eigenvalue weighted by atomic mass is 10.1. The fourth-order valence-electron chi connectivity index (χ4n) is 2.42. The highest BCUT2D eigenvalue weighted by molar-refractivity contribution is 7.80. The summed E-state index contributed by atoms with van der Waals surface area (Å²) in [6.07, 6.45) is 0. The minimum absolute atomic E-state index is 0.218. The summed E-state index contributed by atoms with van der Waals surface area (Å²) < 4.78 is 20.0. The van der Waals surface area contributed by atoms with E-state index in [1.54, 1.807) is 32.2 Å². The Morgan fingerprint density at radius 3 is 2.18 bits per heavy atom. The highest BCUT2D eigenvalue weighted by Gasteiger charge is 2.26. The summed E-state index contributed by atoms with van der Waals surface area (Å²) in [5, 5.41) is 6.53. The Bertz CT molecular complexity index is 910. The quantitative estimate of drug-likeness (QED) is 0.534. The number of benzene rings is 1. The maximum atomic E-state index is 12.2. The molecule has 0 spiro atoms. The molecule has 0 amide bonds. The van der Waals surface area contributed by atoms with Gasteiger partial charge in [-0.25, -0.2) is 9.59 Å². The van der Waals surface area contributed by atoms with Crippen LogP contribution in [0.15, 0.2) is 18.2 Å². The first-order chi connectivity index (χ1) is 13.4. The third-order valence-electron chi connectivity index (χ3n) is 3.78. The van der Waals surface area contributed by atoms with Gasteiger partial charge in [0.2, 0.25) is 0 Å². The summed E-state index contributed by atoms with van der Waals surface area (Å²) in [5.74, 6) is -0.0122. The molecule has 0 saturated heterocycles. The van der Waals surface area contributed by atoms with E-state index in [2.05, 4.69) is 10.6 Å². The minimum atomic E-state index is -0.583. The molecule has 0 aliphatic carbocycles. The van der Waals surface area contributed by atoms with Crippen LogP contribution in [0.25, 0.3) is 0 Å². The molecule has 2 rings (SSSR count). The van der Waals surface area contributed by atoms with Crippen LogP contribution in [0.4, 0.5) is 10.7 Å². The summed E-state index contributed by atoms with van der Waals surface area (Å²) >= 11 is 6.39. The number of esters is 2. The zero-order valence-corrected chi connectivity index (χ0v) is 17.6. The minimum Gasteiger partial charge on any atom is -0.493 e. The molecule has 8 nitrogen and oxygen atoms in total. The molecule has 1 aromatic carbocycles. The van der Waals surface area contributed by atoms with Gasteiger partial charge >= 0.3 is 11.9 Å². The van der Waals surface area contributed by atoms with Gasteiger partial charge in [0.05, 0.1) is 34.0 Å². The van der Waals surface area contributed by atoms with E-state index in [-0.39, 0.29) is 10.7 Å². The van der Waals surface area contributed by atoms with E-state index in [4.69, 9.17) is 31.2 Å². The lowest BCUT2D eigenvalue weighted by Gasteiger charge is -2.13. The molecule has 0 radical (unpaired) electrons. The Morgan fingerprint density at radius 1 is 0.964 bits per heavy atom. The molecule has 2 aromatic rings. The molecule has 1 aromatic heterocycles. The van der Waals surface area contributed by atoms with Gasteiger partial charge in [-0.15, -0.1) is 11.3 Å². The molecule has 1 heterocycles. The highest BCUT2D eigenvalue weighted by Crippen LogP contribution is 2.34. The molecule has 0 aliphatic heterocycles. The predicted molar refractivity (Wildman–Crippen MR) is 111 cm³/mol. The number of thiophene rings is 1. The van der Waals surface area contributed by atoms with Gasteiger partial charge in [-0.05, 0) is 36.8 Å². The Balaban J connectivity index is 2.28. The summed E-state index contributed by atoms with van der Waals surface area (Å²) in [4.78, 5) is 24.4. The van der Waals surface area contributed by atoms with Gasteiger partial charge in [0, 0.05) is 11.8 Å². The van der Waals surface area contributed by atoms with Crippen molar-refractivity contribution in [1.82, 2.24) is 0 Å². The van der Waals surface area contributed by atoms with Gasteiger partial charge in [-0.1, -0.05) is 0 Å². The van der Waals surface area contributed by atoms with E-state index < -0.39 is 11.9 Å². The summed E-state index contributed by atoms with van der Waals surface area (Å²) in [7, 11) is 5.62. The second-order valence-electron chi connectivity index (χ2n) is 5.39. The van der Waals surface area contributed by atoms with Gasteiger partial charge in [0.1, 0.15) is 9.88 Å². The maximum Gasteiger partial charge on any atom is 0.348 e. The van der Waals surface area contributed by atoms with Crippen molar-refractivity contribution in [2.75, 3.05) is 39.1 Å². The van der Waals surface area contributed by atoms with E-state index in [1.807, 2.05) is 0 Å². The van der Waals surface area contributed by atoms with Crippen molar-refractivity contribution >= 4 is 51.3 Å². The van der Waals surface area contributed by atoms with E-state index >= 15 is 0 Å². The Labute approximate surface area is 171 Å². The fraction of sp³-hybridized carbons (Fsp3) is 0.278. The van der Waals surface area contributed by atoms with Crippen molar-refractivity contribution in [3.8, 4) is 11.5 Å². The van der Waals surface area contributed by atoms with Crippen LogP contribution in [-0.4, -0.2) is 45.5 Å². The Morgan fingerprint density at radius 2 is 1.61 bits per heavy atom. The normalized spacial score (nSPS) is 10.0. The summed E-state index contributed by atoms with van der Waals surface area (Å²) in [6, 6.07) is 5.21. The van der Waals surface area contributed by atoms with Crippen LogP contribution < -0.4 is 20.1 Å². The lowest BCUT2D eigenvalue weighted by molar-refractivity contribution is 0.0601. The first-order valence-corrected chi connectivity index (χ1v) is 9.18. The molecule has 150 valence electrons. The van der Waals surface area contributed by atoms with E-state index in [1.165, 1.54) is 21.3 Å². The number of methoxy groups -OCH3 is 4. The zero-order chi connectivity index (χ0) is 20.8. The number of ether oxygens (including phenoxy) is 4. The second-order valence-corrected chi connectivity index (χ2v) is 6.82. The number of carbonyl (C=O) groups is 2. The standard InChI is InChI=1S/C18H20N2O6S2/c1-9-13(16(21)25-4)15(28-14(9)17(22)26-5)20-18(27)19-10-6-7-11(23-2)12(8-10)24-3/h6-8H,1-5H3,(H2,19,20,27). The second kappa shape index (κ2) is 9.38. The molecule has 28 heavy (non-hydrogen) atoms. The first kappa shape index (κ1) is 21.5. The molecule has 0 saturated carbocycles. The topological polar surface area (TPSA) is 95.1 Å². The third kappa shape index (κ3) is 4.52. The van der Waals surface area contributed by atoms with Crippen molar-refractivity contribution < 1.29 is 28.5 Å². The summed E-state index contributed by atoms with van der Waals surface area (Å²) in [6.45, 7) is 1.64. The molecule has 2 N–H and O–H groups in total. The molecule has 0 aliphatic rings. The molecule has 10 heteroatoms. The largest absolute Gasteiger partial charge is 0.493 e. The van der Waals surface area contributed by atoms with Crippen LogP contribution in [-0.2, 0) is 9.47 Å². The van der Waals surface area contributed by atoms with Crippen molar-refractivity contribution in [3.05, 3.63) is 34.2 Å². The van der Waals surface area contributed by atoms with E-state index in [0.717, 1.165) is 11.3 Å². The van der Waals surface area contributed by atoms with Crippen LogP contribution in [0.3, 0.4) is 0 Å². The molecule has 0 unspecified atom stereocenters. The van der Waals surface area contributed by atoms with Crippen LogP contribution in [0.1, 0.15) is 25.6 Å². The fourth-order valence-corrected chi connectivity index (χ4v) is 3.82. The third-order valence-corrected chi connectivity index (χ3v) is 5.17. The number of thiocarbonyl (C=S) groups is 1. The number of anilines is 2. The maximum absolute atomic E-state index is 12.2. The SMILES string of the molecule is COC(=O)c1sc(NC(=S)Nc2ccc(OC)c(OC)c2)c(C(=O)OC)c1C. The van der Waals surface area contributed by atoms with Crippen molar-refractivity contribution in [2.24, 2.45) is 0 Å². The molecular formula is C18H20N2O6S2. The number of carbonyl (C=O) groups excluding carboxylic acids is 2. The monoisotopic (exact) mass is 424 g/mol. The van der Waals surface area contributed by atoms with E-state index in [0.29, 0.717) is 32.6 Å². The van der Waals surface area contributed by atoms with Crippen LogP contribution in [0.5, 0.6) is 11.5 Å². The van der Waals surface area contributed by atoms with Crippen LogP contribution in [0, 0.1) is 6.92 Å². The average molecular weight is 425 g/mol. The Kier molecular flexibility index (Phi) is 7.18. The van der Waals surface area contributed by atoms with Crippen molar-refractivity contribution in [1.29, 1.82) is 0 Å². The zero-order valence-electron chi connectivity index (χ0n) is 16.0. The Hall–Kier alpha value is -2.85. The number of rotatable bonds is 6. The van der Waals surface area contributed by atoms with Crippen LogP contribution in [0.2, 0.25) is 0 Å². The summed E-state index contributed by atoms with van der Waals surface area (Å²) in [5.41, 5.74) is 1.33. The van der Waals surface area contributed by atoms with Crippen molar-refractivity contribution in [3.63, 3.8) is 0 Å². The number of hydrogen-bond acceptors (Lipinski definition) is 8. The number of nitrogens with one attached hydrogen (secondary N) is 2. The average Bonchev–Trinajstić information content (AvgIpc) is 3.02. The van der Waals surface area contributed by atoms with Gasteiger partial charge < -0.3 is 29.6 Å². The predicted octanol–water partition coefficient (Wildman–Crippen LogP) is 3.46. The van der Waals surface area contributed by atoms with Gasteiger partial charge in [0.15, 0.2) is 16.6 Å². The lowest BCUT2D eigenvalue weighted by Crippen LogP contribution is -2.20. The first-order valence-electron chi connectivity index (χ1n) is 7.96. The van der Waals surface area contributed by atoms with E-state index in [9.17, 15) is 9.59 Å². The van der Waals surface area contributed by atoms with Gasteiger partial charge in [-0.2, -0.15) is 0 Å². The molecular weight excluding hydrogens is 404 g/mol. The van der Waals surface area contributed by atoms with Gasteiger partial charge in [-0.3, -0.25) is 0 Å². The number of hydrogen-bond donors (Lipinski definition) is 2. The molecule has 0 fully saturated rings. The molecule has 0 bridgehead atoms.